The zero-order valence-electron chi connectivity index (χ0n) is 17.6. The third-order valence-electron chi connectivity index (χ3n) is 5.72. The van der Waals surface area contributed by atoms with Gasteiger partial charge in [0.25, 0.3) is 0 Å². The number of anilines is 1. The molecule has 1 heterocycles. The highest BCUT2D eigenvalue weighted by Crippen LogP contribution is 2.29. The van der Waals surface area contributed by atoms with Crippen molar-refractivity contribution in [2.45, 2.75) is 39.2 Å². The van der Waals surface area contributed by atoms with Crippen molar-refractivity contribution >= 4 is 28.9 Å². The lowest BCUT2D eigenvalue weighted by Crippen LogP contribution is -2.28. The van der Waals surface area contributed by atoms with Gasteiger partial charge >= 0.3 is 0 Å². The Hall–Kier alpha value is -2.98. The molecule has 0 aromatic heterocycles. The summed E-state index contributed by atoms with van der Waals surface area (Å²) in [7, 11) is 0. The summed E-state index contributed by atoms with van der Waals surface area (Å²) in [6.07, 6.45) is 2.34. The number of carbonyl (C=O) groups is 1. The van der Waals surface area contributed by atoms with Crippen LogP contribution in [0.2, 0.25) is 5.02 Å². The number of benzene rings is 3. The first-order chi connectivity index (χ1) is 15.0. The van der Waals surface area contributed by atoms with Gasteiger partial charge in [0, 0.05) is 22.6 Å². The highest BCUT2D eigenvalue weighted by atomic mass is 35.5. The fraction of sp³-hybridized carbons (Fsp3) is 0.231. The summed E-state index contributed by atoms with van der Waals surface area (Å²) in [5.74, 6) is -0.483. The van der Waals surface area contributed by atoms with Gasteiger partial charge in [0.15, 0.2) is 0 Å². The van der Waals surface area contributed by atoms with E-state index >= 15 is 0 Å². The maximum absolute atomic E-state index is 13.5. The van der Waals surface area contributed by atoms with Crippen LogP contribution in [0, 0.1) is 5.82 Å². The number of hydrogen-bond donors (Lipinski definition) is 1. The van der Waals surface area contributed by atoms with Crippen LogP contribution in [0.25, 0.3) is 0 Å². The van der Waals surface area contributed by atoms with E-state index in [0.29, 0.717) is 22.8 Å². The molecule has 5 heteroatoms. The molecule has 0 radical (unpaired) electrons. The first-order valence-corrected chi connectivity index (χ1v) is 10.9. The molecule has 1 unspecified atom stereocenters. The fourth-order valence-electron chi connectivity index (χ4n) is 4.17. The van der Waals surface area contributed by atoms with E-state index in [-0.39, 0.29) is 11.7 Å². The van der Waals surface area contributed by atoms with E-state index in [1.807, 2.05) is 6.07 Å². The Morgan fingerprint density at radius 2 is 1.74 bits per heavy atom. The molecule has 0 spiro atoms. The van der Waals surface area contributed by atoms with Crippen molar-refractivity contribution in [2.75, 3.05) is 5.32 Å². The molecule has 3 aromatic carbocycles. The molecule has 0 fully saturated rings. The Bertz CT molecular complexity index is 1150. The van der Waals surface area contributed by atoms with Crippen LogP contribution >= 0.6 is 11.6 Å². The quantitative estimate of drug-likeness (QED) is 0.525. The maximum Gasteiger partial charge on any atom is 0.249 e. The van der Waals surface area contributed by atoms with Crippen LogP contribution in [0.15, 0.2) is 65.7 Å². The second kappa shape index (κ2) is 9.03. The molecule has 4 rings (SSSR count). The standard InChI is InChI=1S/C26H24ClFN2O/c1-3-16-6-5-7-18(21(16)4-2)14-24-26(31)30-23-13-10-19(27)15-22(23)25(29-24)17-8-11-20(28)12-9-17/h5-13,15,24H,3-4,14H2,1-2H3,(H,30,31). The number of nitrogens with zero attached hydrogens (tertiary/aromatic N) is 1. The fourth-order valence-corrected chi connectivity index (χ4v) is 4.34. The zero-order chi connectivity index (χ0) is 22.0. The third kappa shape index (κ3) is 4.40. The zero-order valence-corrected chi connectivity index (χ0v) is 18.3. The first-order valence-electron chi connectivity index (χ1n) is 10.5. The Balaban J connectivity index is 1.82. The number of aryl methyl sites for hydroxylation is 1. The summed E-state index contributed by atoms with van der Waals surface area (Å²) in [6.45, 7) is 4.28. The van der Waals surface area contributed by atoms with Gasteiger partial charge < -0.3 is 5.32 Å². The molecular formula is C26H24ClFN2O. The number of halogens is 2. The Labute approximate surface area is 187 Å². The number of carbonyl (C=O) groups excluding carboxylic acids is 1. The van der Waals surface area contributed by atoms with Gasteiger partial charge in [0.1, 0.15) is 11.9 Å². The lowest BCUT2D eigenvalue weighted by molar-refractivity contribution is -0.117. The Morgan fingerprint density at radius 1 is 1.00 bits per heavy atom. The molecule has 3 aromatic rings. The van der Waals surface area contributed by atoms with Gasteiger partial charge in [-0.1, -0.05) is 43.6 Å². The van der Waals surface area contributed by atoms with Crippen molar-refractivity contribution < 1.29 is 9.18 Å². The van der Waals surface area contributed by atoms with Crippen molar-refractivity contribution in [3.8, 4) is 0 Å². The van der Waals surface area contributed by atoms with Crippen molar-refractivity contribution in [1.82, 2.24) is 0 Å². The number of aliphatic imine (C=N–C) groups is 1. The van der Waals surface area contributed by atoms with Crippen LogP contribution < -0.4 is 5.32 Å². The van der Waals surface area contributed by atoms with Crippen LogP contribution in [0.5, 0.6) is 0 Å². The molecule has 1 atom stereocenters. The van der Waals surface area contributed by atoms with Gasteiger partial charge in [-0.25, -0.2) is 4.39 Å². The van der Waals surface area contributed by atoms with Gasteiger partial charge in [-0.2, -0.15) is 0 Å². The minimum atomic E-state index is -0.608. The summed E-state index contributed by atoms with van der Waals surface area (Å²) in [5.41, 5.74) is 6.46. The summed E-state index contributed by atoms with van der Waals surface area (Å²) in [6, 6.07) is 17.1. The van der Waals surface area contributed by atoms with E-state index in [2.05, 4.69) is 31.3 Å². The van der Waals surface area contributed by atoms with Gasteiger partial charge in [0.05, 0.1) is 11.4 Å². The smallest absolute Gasteiger partial charge is 0.249 e. The molecule has 0 bridgehead atoms. The van der Waals surface area contributed by atoms with Gasteiger partial charge in [0.2, 0.25) is 5.91 Å². The molecule has 31 heavy (non-hydrogen) atoms. The molecule has 1 aliphatic rings. The number of rotatable bonds is 5. The minimum absolute atomic E-state index is 0.162. The SMILES string of the molecule is CCc1cccc(CC2N=C(c3ccc(F)cc3)c3cc(Cl)ccc3NC2=O)c1CC. The minimum Gasteiger partial charge on any atom is -0.324 e. The second-order valence-electron chi connectivity index (χ2n) is 7.65. The molecule has 0 saturated heterocycles. The second-order valence-corrected chi connectivity index (χ2v) is 8.08. The summed E-state index contributed by atoms with van der Waals surface area (Å²) in [4.78, 5) is 18.0. The van der Waals surface area contributed by atoms with E-state index in [0.717, 1.165) is 29.5 Å². The van der Waals surface area contributed by atoms with Gasteiger partial charge in [-0.3, -0.25) is 9.79 Å². The number of fused-ring (bicyclic) bond motifs is 1. The summed E-state index contributed by atoms with van der Waals surface area (Å²) in [5, 5.41) is 3.56. The summed E-state index contributed by atoms with van der Waals surface area (Å²) >= 11 is 6.26. The molecule has 1 aliphatic heterocycles. The number of benzodiazepines with no additional fused rings is 1. The van der Waals surface area contributed by atoms with Crippen molar-refractivity contribution in [3.05, 3.63) is 99.3 Å². The number of nitrogens with one attached hydrogen (secondary N) is 1. The number of amides is 1. The van der Waals surface area contributed by atoms with E-state index in [1.165, 1.54) is 23.3 Å². The van der Waals surface area contributed by atoms with Gasteiger partial charge in [-0.15, -0.1) is 0 Å². The Morgan fingerprint density at radius 3 is 2.45 bits per heavy atom. The molecule has 0 saturated carbocycles. The van der Waals surface area contributed by atoms with E-state index in [1.54, 1.807) is 30.3 Å². The molecular weight excluding hydrogens is 411 g/mol. The average Bonchev–Trinajstić information content (AvgIpc) is 2.90. The largest absolute Gasteiger partial charge is 0.324 e. The van der Waals surface area contributed by atoms with Crippen LogP contribution in [-0.2, 0) is 24.1 Å². The van der Waals surface area contributed by atoms with Crippen molar-refractivity contribution in [3.63, 3.8) is 0 Å². The predicted octanol–water partition coefficient (Wildman–Crippen LogP) is 6.00. The molecule has 1 amide bonds. The monoisotopic (exact) mass is 434 g/mol. The van der Waals surface area contributed by atoms with Crippen LogP contribution in [0.1, 0.15) is 41.7 Å². The lowest BCUT2D eigenvalue weighted by Gasteiger charge is -2.16. The van der Waals surface area contributed by atoms with Crippen LogP contribution in [0.3, 0.4) is 0 Å². The Kier molecular flexibility index (Phi) is 6.19. The highest BCUT2D eigenvalue weighted by Gasteiger charge is 2.27. The highest BCUT2D eigenvalue weighted by molar-refractivity contribution is 6.32. The average molecular weight is 435 g/mol. The normalized spacial score (nSPS) is 15.7. The number of hydrogen-bond acceptors (Lipinski definition) is 2. The maximum atomic E-state index is 13.5. The molecule has 0 aliphatic carbocycles. The van der Waals surface area contributed by atoms with Gasteiger partial charge in [-0.05, 0) is 72.0 Å². The third-order valence-corrected chi connectivity index (χ3v) is 5.95. The first kappa shape index (κ1) is 21.3. The van der Waals surface area contributed by atoms with E-state index in [9.17, 15) is 9.18 Å². The van der Waals surface area contributed by atoms with E-state index in [4.69, 9.17) is 16.6 Å². The molecule has 1 N–H and O–H groups in total. The van der Waals surface area contributed by atoms with E-state index < -0.39 is 6.04 Å². The van der Waals surface area contributed by atoms with Crippen molar-refractivity contribution in [1.29, 1.82) is 0 Å². The molecule has 158 valence electrons. The van der Waals surface area contributed by atoms with Crippen molar-refractivity contribution in [2.24, 2.45) is 4.99 Å². The molecule has 3 nitrogen and oxygen atoms in total. The summed E-state index contributed by atoms with van der Waals surface area (Å²) < 4.78 is 13.5. The lowest BCUT2D eigenvalue weighted by atomic mass is 9.93. The van der Waals surface area contributed by atoms with Crippen LogP contribution in [0.4, 0.5) is 10.1 Å². The topological polar surface area (TPSA) is 41.5 Å². The predicted molar refractivity (Wildman–Crippen MR) is 125 cm³/mol. The van der Waals surface area contributed by atoms with Crippen LogP contribution in [-0.4, -0.2) is 17.7 Å².